The number of hydrogen-bond acceptors (Lipinski definition) is 8. The Bertz CT molecular complexity index is 1560. The number of aromatic nitrogens is 8. The van der Waals surface area contributed by atoms with E-state index in [0.29, 0.717) is 11.1 Å². The van der Waals surface area contributed by atoms with E-state index >= 15 is 0 Å². The Morgan fingerprint density at radius 2 is 1.56 bits per heavy atom. The van der Waals surface area contributed by atoms with Crippen molar-refractivity contribution in [1.29, 1.82) is 0 Å². The van der Waals surface area contributed by atoms with Crippen molar-refractivity contribution in [3.8, 4) is 0 Å². The molecule has 0 aliphatic heterocycles. The molecule has 2 N–H and O–H groups in total. The Kier molecular flexibility index (Phi) is 9.40. The highest BCUT2D eigenvalue weighted by atomic mass is 19.4. The lowest BCUT2D eigenvalue weighted by molar-refractivity contribution is -0.137. The van der Waals surface area contributed by atoms with Crippen molar-refractivity contribution in [3.05, 3.63) is 83.0 Å². The van der Waals surface area contributed by atoms with Crippen molar-refractivity contribution < 1.29 is 31.5 Å². The summed E-state index contributed by atoms with van der Waals surface area (Å²) in [4.78, 5) is 32.5. The molecule has 0 saturated heterocycles. The van der Waals surface area contributed by atoms with Crippen LogP contribution in [0.1, 0.15) is 63.6 Å². The van der Waals surface area contributed by atoms with Crippen molar-refractivity contribution in [1.82, 2.24) is 50.6 Å². The van der Waals surface area contributed by atoms with E-state index in [1.165, 1.54) is 43.3 Å². The third-order valence-electron chi connectivity index (χ3n) is 6.11. The average molecular weight is 607 g/mol. The van der Waals surface area contributed by atoms with Gasteiger partial charge in [0.1, 0.15) is 11.8 Å². The quantitative estimate of drug-likeness (QED) is 0.234. The monoisotopic (exact) mass is 606 g/mol. The molecule has 12 nitrogen and oxygen atoms in total. The molecule has 2 amide bonds. The lowest BCUT2D eigenvalue weighted by atomic mass is 10.0. The largest absolute Gasteiger partial charge is 0.416 e. The highest BCUT2D eigenvalue weighted by Crippen LogP contribution is 2.29. The predicted molar refractivity (Wildman–Crippen MR) is 140 cm³/mol. The highest BCUT2D eigenvalue weighted by molar-refractivity contribution is 5.92. The van der Waals surface area contributed by atoms with E-state index in [2.05, 4.69) is 41.2 Å². The fourth-order valence-electron chi connectivity index (χ4n) is 3.76. The van der Waals surface area contributed by atoms with E-state index in [4.69, 9.17) is 0 Å². The summed E-state index contributed by atoms with van der Waals surface area (Å²) >= 11 is 0. The van der Waals surface area contributed by atoms with Crippen LogP contribution in [0.25, 0.3) is 0 Å². The molecule has 228 valence electrons. The second-order valence-corrected chi connectivity index (χ2v) is 10.0. The number of aryl methyl sites for hydroxylation is 1. The van der Waals surface area contributed by atoms with Crippen LogP contribution in [-0.2, 0) is 38.0 Å². The van der Waals surface area contributed by atoms with E-state index in [9.17, 15) is 31.5 Å². The van der Waals surface area contributed by atoms with Gasteiger partial charge in [0, 0.05) is 43.7 Å². The average Bonchev–Trinajstić information content (AvgIpc) is 3.63. The molecule has 43 heavy (non-hydrogen) atoms. The first-order valence-electron chi connectivity index (χ1n) is 12.9. The molecular weight excluding hydrogens is 579 g/mol. The zero-order valence-corrected chi connectivity index (χ0v) is 23.0. The maximum atomic E-state index is 14.6. The highest BCUT2D eigenvalue weighted by Gasteiger charge is 2.30. The van der Waals surface area contributed by atoms with Crippen LogP contribution in [-0.4, -0.2) is 57.9 Å². The molecule has 0 aliphatic carbocycles. The normalized spacial score (nSPS) is 12.6. The van der Waals surface area contributed by atoms with Crippen LogP contribution in [0.15, 0.2) is 49.2 Å². The standard InChI is InChI=1S/C26H27F5N10O2/c1-25(2,28)18-7-16(9-32-11-18)10-34-23(42)21-14-40(38-36-21)6-4-19(27)13-41-15-22(37-39-41)24(43)35-12-20-8-17(3-5-33-20)26(29,30)31/h3,5,7-9,11,14-15,19H,4,6,10,12-13H2,1-2H3,(H,34,42)(H,35,43). The van der Waals surface area contributed by atoms with E-state index in [-0.39, 0.29) is 49.7 Å². The molecule has 17 heteroatoms. The first-order valence-corrected chi connectivity index (χ1v) is 12.9. The molecule has 4 aromatic heterocycles. The first kappa shape index (κ1) is 31.1. The van der Waals surface area contributed by atoms with Gasteiger partial charge in [-0.25, -0.2) is 13.5 Å². The first-order chi connectivity index (χ1) is 20.3. The van der Waals surface area contributed by atoms with E-state index < -0.39 is 35.4 Å². The van der Waals surface area contributed by atoms with Crippen molar-refractivity contribution in [2.45, 2.75) is 64.5 Å². The summed E-state index contributed by atoms with van der Waals surface area (Å²) in [5.74, 6) is -1.24. The molecule has 0 radical (unpaired) electrons. The van der Waals surface area contributed by atoms with Gasteiger partial charge in [-0.3, -0.25) is 24.2 Å². The number of carbonyl (C=O) groups excluding carboxylic acids is 2. The number of pyridine rings is 2. The zero-order chi connectivity index (χ0) is 31.2. The molecule has 1 atom stereocenters. The number of hydrogen-bond donors (Lipinski definition) is 2. The molecule has 0 bridgehead atoms. The lowest BCUT2D eigenvalue weighted by Crippen LogP contribution is -2.24. The Morgan fingerprint density at radius 1 is 0.907 bits per heavy atom. The van der Waals surface area contributed by atoms with Gasteiger partial charge in [0.2, 0.25) is 0 Å². The zero-order valence-electron chi connectivity index (χ0n) is 23.0. The Labute approximate surface area is 241 Å². The second-order valence-electron chi connectivity index (χ2n) is 10.0. The van der Waals surface area contributed by atoms with Crippen molar-refractivity contribution >= 4 is 11.8 Å². The SMILES string of the molecule is CC(C)(F)c1cncc(CNC(=O)c2cn(CCC(F)Cn3cc(C(=O)NCc4cc(C(F)(F)F)ccn4)nn3)nn2)c1. The van der Waals surface area contributed by atoms with Gasteiger partial charge in [-0.15, -0.1) is 10.2 Å². The summed E-state index contributed by atoms with van der Waals surface area (Å²) in [6, 6.07) is 3.25. The number of carbonyl (C=O) groups is 2. The number of alkyl halides is 5. The van der Waals surface area contributed by atoms with Gasteiger partial charge in [0.25, 0.3) is 11.8 Å². The van der Waals surface area contributed by atoms with Crippen LogP contribution in [0.4, 0.5) is 22.0 Å². The number of nitrogens with zero attached hydrogens (tertiary/aromatic N) is 8. The van der Waals surface area contributed by atoms with Gasteiger partial charge in [0.15, 0.2) is 11.4 Å². The molecule has 1 unspecified atom stereocenters. The van der Waals surface area contributed by atoms with Gasteiger partial charge in [-0.05, 0) is 37.6 Å². The Hall–Kier alpha value is -4.83. The molecule has 0 saturated carbocycles. The predicted octanol–water partition coefficient (Wildman–Crippen LogP) is 3.17. The molecular formula is C26H27F5N10O2. The van der Waals surface area contributed by atoms with Crippen LogP contribution in [0.5, 0.6) is 0 Å². The molecule has 4 heterocycles. The van der Waals surface area contributed by atoms with Gasteiger partial charge in [-0.1, -0.05) is 10.4 Å². The molecule has 0 fully saturated rings. The molecule has 0 aromatic carbocycles. The number of halogens is 5. The molecule has 0 aliphatic rings. The molecule has 4 rings (SSSR count). The topological polar surface area (TPSA) is 145 Å². The van der Waals surface area contributed by atoms with Gasteiger partial charge in [0.05, 0.1) is 36.7 Å². The summed E-state index contributed by atoms with van der Waals surface area (Å²) in [6.45, 7) is 2.48. The summed E-state index contributed by atoms with van der Waals surface area (Å²) in [7, 11) is 0. The number of amides is 2. The van der Waals surface area contributed by atoms with Gasteiger partial charge in [-0.2, -0.15) is 13.2 Å². The maximum absolute atomic E-state index is 14.6. The van der Waals surface area contributed by atoms with Crippen LogP contribution >= 0.6 is 0 Å². The lowest BCUT2D eigenvalue weighted by Gasteiger charge is -2.15. The van der Waals surface area contributed by atoms with E-state index in [1.54, 1.807) is 6.07 Å². The van der Waals surface area contributed by atoms with E-state index in [0.717, 1.165) is 23.0 Å². The number of nitrogens with one attached hydrogen (secondary N) is 2. The van der Waals surface area contributed by atoms with E-state index in [1.807, 2.05) is 0 Å². The fourth-order valence-corrected chi connectivity index (χ4v) is 3.76. The van der Waals surface area contributed by atoms with Crippen LogP contribution < -0.4 is 10.6 Å². The minimum atomic E-state index is -4.54. The van der Waals surface area contributed by atoms with Crippen molar-refractivity contribution in [2.75, 3.05) is 0 Å². The maximum Gasteiger partial charge on any atom is 0.416 e. The summed E-state index contributed by atoms with van der Waals surface area (Å²) < 4.78 is 69.7. The van der Waals surface area contributed by atoms with Gasteiger partial charge >= 0.3 is 6.18 Å². The summed E-state index contributed by atoms with van der Waals surface area (Å²) in [6.07, 6.45) is 0.498. The smallest absolute Gasteiger partial charge is 0.346 e. The second kappa shape index (κ2) is 13.0. The third-order valence-corrected chi connectivity index (χ3v) is 6.11. The minimum absolute atomic E-state index is 0.00191. The fraction of sp³-hybridized carbons (Fsp3) is 0.385. The Morgan fingerprint density at radius 3 is 2.23 bits per heavy atom. The summed E-state index contributed by atoms with van der Waals surface area (Å²) in [5.41, 5.74) is -1.63. The molecule has 0 spiro atoms. The number of rotatable bonds is 12. The summed E-state index contributed by atoms with van der Waals surface area (Å²) in [5, 5.41) is 20.1. The van der Waals surface area contributed by atoms with Crippen LogP contribution in [0.2, 0.25) is 0 Å². The molecule has 4 aromatic rings. The van der Waals surface area contributed by atoms with Gasteiger partial charge < -0.3 is 10.6 Å². The Balaban J connectivity index is 1.21. The van der Waals surface area contributed by atoms with Crippen LogP contribution in [0.3, 0.4) is 0 Å². The van der Waals surface area contributed by atoms with Crippen LogP contribution in [0, 0.1) is 0 Å². The minimum Gasteiger partial charge on any atom is -0.346 e. The third kappa shape index (κ3) is 8.83. The van der Waals surface area contributed by atoms with Crippen molar-refractivity contribution in [2.24, 2.45) is 0 Å². The van der Waals surface area contributed by atoms with Crippen molar-refractivity contribution in [3.63, 3.8) is 0 Å².